The van der Waals surface area contributed by atoms with E-state index in [1.807, 2.05) is 0 Å². The van der Waals surface area contributed by atoms with Crippen LogP contribution in [0.15, 0.2) is 0 Å². The normalized spacial score (nSPS) is 11.8. The van der Waals surface area contributed by atoms with Crippen LogP contribution in [0.4, 0.5) is 0 Å². The maximum Gasteiger partial charge on any atom is 0.0465 e. The van der Waals surface area contributed by atoms with E-state index in [-0.39, 0.29) is 0 Å². The molecule has 0 rings (SSSR count). The van der Waals surface area contributed by atoms with Crippen molar-refractivity contribution in [2.45, 2.75) is 71.0 Å². The van der Waals surface area contributed by atoms with Crippen LogP contribution in [0.3, 0.4) is 0 Å². The third kappa shape index (κ3) is 25.1. The van der Waals surface area contributed by atoms with Gasteiger partial charge in [-0.05, 0) is 19.3 Å². The molecule has 0 radical (unpaired) electrons. The Balaban J connectivity index is 0. The first-order valence-corrected chi connectivity index (χ1v) is 7.32. The van der Waals surface area contributed by atoms with Crippen LogP contribution >= 0.6 is 15.9 Å². The summed E-state index contributed by atoms with van der Waals surface area (Å²) in [7, 11) is 0. The summed E-state index contributed by atoms with van der Waals surface area (Å²) < 4.78 is 5.31. The zero-order valence-electron chi connectivity index (χ0n) is 11.0. The molecule has 0 aromatic carbocycles. The number of hydrogen-bond donors (Lipinski definition) is 0. The molecular formula is C13H29BrO. The van der Waals surface area contributed by atoms with Crippen molar-refractivity contribution in [3.8, 4) is 0 Å². The second kappa shape index (κ2) is 16.9. The van der Waals surface area contributed by atoms with Gasteiger partial charge in [0.2, 0.25) is 0 Å². The van der Waals surface area contributed by atoms with E-state index < -0.39 is 0 Å². The van der Waals surface area contributed by atoms with Crippen LogP contribution in [0.25, 0.3) is 0 Å². The lowest BCUT2D eigenvalue weighted by molar-refractivity contribution is 0.128. The van der Waals surface area contributed by atoms with E-state index in [2.05, 4.69) is 43.6 Å². The van der Waals surface area contributed by atoms with Crippen molar-refractivity contribution in [3.05, 3.63) is 0 Å². The number of unbranched alkanes of at least 4 members (excludes halogenated alkanes) is 2. The molecule has 0 aliphatic carbocycles. The van der Waals surface area contributed by atoms with Crippen LogP contribution in [-0.2, 0) is 4.74 Å². The predicted octanol–water partition coefficient (Wildman–Crippen LogP) is 5.17. The smallest absolute Gasteiger partial charge is 0.0465 e. The Bertz CT molecular complexity index is 88.5. The first kappa shape index (κ1) is 17.8. The van der Waals surface area contributed by atoms with Crippen molar-refractivity contribution in [2.24, 2.45) is 0 Å². The van der Waals surface area contributed by atoms with Crippen molar-refractivity contribution in [3.63, 3.8) is 0 Å². The van der Waals surface area contributed by atoms with Gasteiger partial charge in [0.05, 0.1) is 0 Å². The monoisotopic (exact) mass is 280 g/mol. The molecule has 1 unspecified atom stereocenters. The summed E-state index contributed by atoms with van der Waals surface area (Å²) in [5, 5.41) is 0. The summed E-state index contributed by atoms with van der Waals surface area (Å²) in [4.78, 5) is 0.711. The van der Waals surface area contributed by atoms with E-state index in [4.69, 9.17) is 4.74 Å². The third-order valence-corrected chi connectivity index (χ3v) is 2.43. The number of halogens is 1. The number of hydrogen-bond acceptors (Lipinski definition) is 1. The highest BCUT2D eigenvalue weighted by Crippen LogP contribution is 2.04. The SMILES string of the molecule is CCCC(C)Br.CCCCOCCCC. The molecule has 15 heavy (non-hydrogen) atoms. The average molecular weight is 281 g/mol. The maximum absolute atomic E-state index is 5.31. The summed E-state index contributed by atoms with van der Waals surface area (Å²) in [5.41, 5.74) is 0. The number of alkyl halides is 1. The minimum atomic E-state index is 0.711. The average Bonchev–Trinajstić information content (AvgIpc) is 2.18. The quantitative estimate of drug-likeness (QED) is 0.440. The lowest BCUT2D eigenvalue weighted by atomic mass is 10.3. The van der Waals surface area contributed by atoms with Crippen LogP contribution in [-0.4, -0.2) is 18.0 Å². The van der Waals surface area contributed by atoms with Crippen molar-refractivity contribution in [2.75, 3.05) is 13.2 Å². The largest absolute Gasteiger partial charge is 0.381 e. The molecule has 0 aliphatic rings. The maximum atomic E-state index is 5.31. The van der Waals surface area contributed by atoms with Gasteiger partial charge in [-0.25, -0.2) is 0 Å². The highest BCUT2D eigenvalue weighted by molar-refractivity contribution is 9.09. The van der Waals surface area contributed by atoms with Gasteiger partial charge in [-0.3, -0.25) is 0 Å². The fourth-order valence-corrected chi connectivity index (χ4v) is 1.45. The van der Waals surface area contributed by atoms with Gasteiger partial charge in [0, 0.05) is 18.0 Å². The van der Waals surface area contributed by atoms with Crippen LogP contribution < -0.4 is 0 Å². The van der Waals surface area contributed by atoms with Gasteiger partial charge in [-0.1, -0.05) is 62.9 Å². The Morgan fingerprint density at radius 2 is 1.40 bits per heavy atom. The fourth-order valence-electron chi connectivity index (χ4n) is 0.993. The summed E-state index contributed by atoms with van der Waals surface area (Å²) in [6.45, 7) is 10.6. The highest BCUT2D eigenvalue weighted by Gasteiger charge is 1.88. The first-order valence-electron chi connectivity index (χ1n) is 6.40. The molecule has 0 heterocycles. The fraction of sp³-hybridized carbons (Fsp3) is 1.00. The zero-order chi connectivity index (χ0) is 11.9. The van der Waals surface area contributed by atoms with E-state index in [1.54, 1.807) is 0 Å². The van der Waals surface area contributed by atoms with Crippen LogP contribution in [0.1, 0.15) is 66.2 Å². The summed E-state index contributed by atoms with van der Waals surface area (Å²) in [6, 6.07) is 0. The van der Waals surface area contributed by atoms with E-state index in [0.717, 1.165) is 13.2 Å². The second-order valence-electron chi connectivity index (χ2n) is 3.89. The minimum absolute atomic E-state index is 0.711. The molecule has 0 saturated carbocycles. The molecule has 2 heteroatoms. The Kier molecular flexibility index (Phi) is 20.0. The Morgan fingerprint density at radius 1 is 0.933 bits per heavy atom. The Labute approximate surface area is 105 Å². The van der Waals surface area contributed by atoms with Crippen molar-refractivity contribution in [1.29, 1.82) is 0 Å². The molecule has 0 bridgehead atoms. The summed E-state index contributed by atoms with van der Waals surface area (Å²) >= 11 is 3.43. The highest BCUT2D eigenvalue weighted by atomic mass is 79.9. The molecule has 94 valence electrons. The third-order valence-electron chi connectivity index (χ3n) is 1.97. The summed E-state index contributed by atoms with van der Waals surface area (Å²) in [6.07, 6.45) is 7.48. The molecule has 1 atom stereocenters. The number of rotatable bonds is 8. The van der Waals surface area contributed by atoms with Crippen molar-refractivity contribution in [1.82, 2.24) is 0 Å². The van der Waals surface area contributed by atoms with Gasteiger partial charge < -0.3 is 4.74 Å². The predicted molar refractivity (Wildman–Crippen MR) is 73.9 cm³/mol. The number of ether oxygens (including phenoxy) is 1. The molecule has 0 aromatic heterocycles. The van der Waals surface area contributed by atoms with E-state index in [9.17, 15) is 0 Å². The van der Waals surface area contributed by atoms with E-state index in [1.165, 1.54) is 38.5 Å². The van der Waals surface area contributed by atoms with Crippen molar-refractivity contribution < 1.29 is 4.74 Å². The molecule has 0 N–H and O–H groups in total. The lowest BCUT2D eigenvalue weighted by Gasteiger charge is -1.99. The molecule has 0 spiro atoms. The molecule has 0 amide bonds. The van der Waals surface area contributed by atoms with Crippen molar-refractivity contribution >= 4 is 15.9 Å². The summed E-state index contributed by atoms with van der Waals surface area (Å²) in [5.74, 6) is 0. The molecular weight excluding hydrogens is 252 g/mol. The molecule has 1 nitrogen and oxygen atoms in total. The molecule has 0 fully saturated rings. The second-order valence-corrected chi connectivity index (χ2v) is 5.45. The molecule has 0 aliphatic heterocycles. The zero-order valence-corrected chi connectivity index (χ0v) is 12.6. The first-order chi connectivity index (χ1) is 7.18. The molecule has 0 aromatic rings. The standard InChI is InChI=1S/C8H18O.C5H11Br/c1-3-5-7-9-8-6-4-2;1-3-4-5(2)6/h3-8H2,1-2H3;5H,3-4H2,1-2H3. The van der Waals surface area contributed by atoms with Gasteiger partial charge in [0.25, 0.3) is 0 Å². The van der Waals surface area contributed by atoms with E-state index in [0.29, 0.717) is 4.83 Å². The van der Waals surface area contributed by atoms with Crippen LogP contribution in [0, 0.1) is 0 Å². The Hall–Kier alpha value is 0.440. The lowest BCUT2D eigenvalue weighted by Crippen LogP contribution is -1.95. The van der Waals surface area contributed by atoms with Gasteiger partial charge >= 0.3 is 0 Å². The van der Waals surface area contributed by atoms with E-state index >= 15 is 0 Å². The Morgan fingerprint density at radius 3 is 1.60 bits per heavy atom. The van der Waals surface area contributed by atoms with Gasteiger partial charge in [0.1, 0.15) is 0 Å². The van der Waals surface area contributed by atoms with Gasteiger partial charge in [-0.2, -0.15) is 0 Å². The van der Waals surface area contributed by atoms with Crippen LogP contribution in [0.2, 0.25) is 0 Å². The topological polar surface area (TPSA) is 9.23 Å². The van der Waals surface area contributed by atoms with Gasteiger partial charge in [-0.15, -0.1) is 0 Å². The van der Waals surface area contributed by atoms with Crippen LogP contribution in [0.5, 0.6) is 0 Å². The van der Waals surface area contributed by atoms with Gasteiger partial charge in [0.15, 0.2) is 0 Å². The molecule has 0 saturated heterocycles. The minimum Gasteiger partial charge on any atom is -0.381 e.